The van der Waals surface area contributed by atoms with E-state index in [0.717, 1.165) is 11.1 Å². The average Bonchev–Trinajstić information content (AvgIpc) is 2.16. The molecule has 0 spiro atoms. The van der Waals surface area contributed by atoms with Crippen LogP contribution < -0.4 is 4.74 Å². The maximum atomic E-state index is 5.86. The maximum absolute atomic E-state index is 5.86. The van der Waals surface area contributed by atoms with Crippen molar-refractivity contribution >= 4 is 10.8 Å². The Morgan fingerprint density at radius 2 is 1.80 bits per heavy atom. The van der Waals surface area contributed by atoms with Crippen LogP contribution in [0.2, 0.25) is 0 Å². The largest absolute Gasteiger partial charge is 0.487 e. The molecule has 0 N–H and O–H groups in total. The highest BCUT2D eigenvalue weighted by atomic mass is 16.5. The number of benzene rings is 2. The smallest absolute Gasteiger partial charge is 0.135 e. The van der Waals surface area contributed by atoms with Crippen molar-refractivity contribution in [1.82, 2.24) is 0 Å². The molecule has 0 fully saturated rings. The van der Waals surface area contributed by atoms with Crippen molar-refractivity contribution in [3.63, 3.8) is 0 Å². The minimum atomic E-state index is -0.180. The van der Waals surface area contributed by atoms with Crippen LogP contribution >= 0.6 is 0 Å². The molecule has 1 heteroatoms. The van der Waals surface area contributed by atoms with Gasteiger partial charge in [0, 0.05) is 11.5 Å². The lowest BCUT2D eigenvalue weighted by atomic mass is 10.1. The zero-order valence-corrected chi connectivity index (χ0v) is 9.37. The molecule has 1 radical (unpaired) electrons. The molecule has 0 atom stereocenters. The van der Waals surface area contributed by atoms with Crippen LogP contribution in [-0.2, 0) is 0 Å². The van der Waals surface area contributed by atoms with Crippen LogP contribution in [0.4, 0.5) is 0 Å². The monoisotopic (exact) mass is 199 g/mol. The lowest BCUT2D eigenvalue weighted by Crippen LogP contribution is -2.23. The van der Waals surface area contributed by atoms with E-state index in [4.69, 9.17) is 4.74 Å². The highest BCUT2D eigenvalue weighted by Gasteiger charge is 2.13. The normalized spacial score (nSPS) is 11.7. The van der Waals surface area contributed by atoms with E-state index in [-0.39, 0.29) is 5.60 Å². The van der Waals surface area contributed by atoms with Crippen LogP contribution in [0.1, 0.15) is 20.8 Å². The van der Waals surface area contributed by atoms with Crippen molar-refractivity contribution in [3.05, 3.63) is 42.5 Å². The molecule has 0 heterocycles. The Bertz CT molecular complexity index is 461. The first-order chi connectivity index (χ1) is 7.06. The summed E-state index contributed by atoms with van der Waals surface area (Å²) in [6, 6.07) is 15.3. The molecule has 0 bridgehead atoms. The molecule has 0 aliphatic carbocycles. The van der Waals surface area contributed by atoms with E-state index in [0.29, 0.717) is 0 Å². The van der Waals surface area contributed by atoms with Crippen molar-refractivity contribution in [2.75, 3.05) is 0 Å². The molecule has 2 aromatic carbocycles. The first-order valence-electron chi connectivity index (χ1n) is 5.15. The standard InChI is InChI=1S/C14H15O/c1-14(2,3)15-13-10-6-8-11-7-4-5-9-12(11)13/h4-9H,1-3H3. The lowest BCUT2D eigenvalue weighted by Gasteiger charge is -2.22. The van der Waals surface area contributed by atoms with Crippen molar-refractivity contribution < 1.29 is 4.74 Å². The molecule has 0 saturated carbocycles. The first-order valence-corrected chi connectivity index (χ1v) is 5.15. The van der Waals surface area contributed by atoms with Gasteiger partial charge in [0.05, 0.1) is 0 Å². The zero-order chi connectivity index (χ0) is 10.9. The Labute approximate surface area is 90.7 Å². The molecule has 0 aromatic heterocycles. The summed E-state index contributed by atoms with van der Waals surface area (Å²) in [6.45, 7) is 6.13. The van der Waals surface area contributed by atoms with Crippen LogP contribution in [0.3, 0.4) is 0 Å². The third-order valence-electron chi connectivity index (χ3n) is 2.09. The maximum Gasteiger partial charge on any atom is 0.135 e. The second-order valence-electron chi connectivity index (χ2n) is 4.61. The van der Waals surface area contributed by atoms with Crippen molar-refractivity contribution in [3.8, 4) is 5.75 Å². The van der Waals surface area contributed by atoms with E-state index in [9.17, 15) is 0 Å². The van der Waals surface area contributed by atoms with E-state index in [1.807, 2.05) is 45.0 Å². The van der Waals surface area contributed by atoms with Gasteiger partial charge >= 0.3 is 0 Å². The Kier molecular flexibility index (Phi) is 2.39. The molecule has 2 rings (SSSR count). The summed E-state index contributed by atoms with van der Waals surface area (Å²) in [5, 5.41) is 2.31. The van der Waals surface area contributed by atoms with E-state index < -0.39 is 0 Å². The molecular weight excluding hydrogens is 184 g/mol. The fourth-order valence-corrected chi connectivity index (χ4v) is 1.52. The summed E-state index contributed by atoms with van der Waals surface area (Å²) in [7, 11) is 0. The van der Waals surface area contributed by atoms with E-state index >= 15 is 0 Å². The van der Waals surface area contributed by atoms with Gasteiger partial charge in [0.15, 0.2) is 0 Å². The Hall–Kier alpha value is -1.50. The van der Waals surface area contributed by atoms with Gasteiger partial charge < -0.3 is 4.74 Å². The minimum Gasteiger partial charge on any atom is -0.487 e. The molecule has 0 saturated heterocycles. The highest BCUT2D eigenvalue weighted by Crippen LogP contribution is 2.27. The average molecular weight is 199 g/mol. The fourth-order valence-electron chi connectivity index (χ4n) is 1.52. The van der Waals surface area contributed by atoms with E-state index in [1.165, 1.54) is 5.39 Å². The van der Waals surface area contributed by atoms with Crippen molar-refractivity contribution in [2.24, 2.45) is 0 Å². The van der Waals surface area contributed by atoms with Gasteiger partial charge in [-0.3, -0.25) is 0 Å². The van der Waals surface area contributed by atoms with Gasteiger partial charge in [-0.1, -0.05) is 30.3 Å². The van der Waals surface area contributed by atoms with Crippen LogP contribution in [0.25, 0.3) is 10.8 Å². The molecule has 0 aliphatic heterocycles. The predicted octanol–water partition coefficient (Wildman–Crippen LogP) is 3.82. The summed E-state index contributed by atoms with van der Waals surface area (Å²) < 4.78 is 5.86. The van der Waals surface area contributed by atoms with Gasteiger partial charge in [0.2, 0.25) is 0 Å². The number of hydrogen-bond acceptors (Lipinski definition) is 1. The SMILES string of the molecule is CC(C)(C)Oc1[c]ccc2ccccc12. The number of fused-ring (bicyclic) bond motifs is 1. The van der Waals surface area contributed by atoms with Gasteiger partial charge in [-0.25, -0.2) is 0 Å². The van der Waals surface area contributed by atoms with Gasteiger partial charge in [0.1, 0.15) is 11.4 Å². The molecule has 2 aromatic rings. The number of hydrogen-bond donors (Lipinski definition) is 0. The van der Waals surface area contributed by atoms with Gasteiger partial charge in [-0.15, -0.1) is 0 Å². The number of rotatable bonds is 1. The van der Waals surface area contributed by atoms with Gasteiger partial charge in [-0.2, -0.15) is 0 Å². The molecule has 0 amide bonds. The zero-order valence-electron chi connectivity index (χ0n) is 9.37. The first kappa shape index (κ1) is 10.0. The van der Waals surface area contributed by atoms with Crippen molar-refractivity contribution in [1.29, 1.82) is 0 Å². The summed E-state index contributed by atoms with van der Waals surface area (Å²) in [4.78, 5) is 0. The summed E-state index contributed by atoms with van der Waals surface area (Å²) in [6.07, 6.45) is 0. The molecule has 0 unspecified atom stereocenters. The topological polar surface area (TPSA) is 9.23 Å². The molecule has 0 aliphatic rings. The molecule has 77 valence electrons. The predicted molar refractivity (Wildman–Crippen MR) is 63.2 cm³/mol. The highest BCUT2D eigenvalue weighted by molar-refractivity contribution is 5.87. The van der Waals surface area contributed by atoms with Gasteiger partial charge in [0.25, 0.3) is 0 Å². The molecule has 15 heavy (non-hydrogen) atoms. The molecule has 1 nitrogen and oxygen atoms in total. The fraction of sp³-hybridized carbons (Fsp3) is 0.286. The van der Waals surface area contributed by atoms with E-state index in [1.54, 1.807) is 0 Å². The van der Waals surface area contributed by atoms with Gasteiger partial charge in [-0.05, 0) is 32.2 Å². The van der Waals surface area contributed by atoms with Crippen LogP contribution in [0, 0.1) is 6.07 Å². The summed E-state index contributed by atoms with van der Waals surface area (Å²) >= 11 is 0. The summed E-state index contributed by atoms with van der Waals surface area (Å²) in [5.74, 6) is 0.834. The Balaban J connectivity index is 2.52. The molecular formula is C14H15O. The van der Waals surface area contributed by atoms with Crippen LogP contribution in [0.15, 0.2) is 36.4 Å². The quantitative estimate of drug-likeness (QED) is 0.678. The Morgan fingerprint density at radius 3 is 2.53 bits per heavy atom. The minimum absolute atomic E-state index is 0.180. The number of ether oxygens (including phenoxy) is 1. The lowest BCUT2D eigenvalue weighted by molar-refractivity contribution is 0.133. The summed E-state index contributed by atoms with van der Waals surface area (Å²) in [5.41, 5.74) is -0.180. The third kappa shape index (κ3) is 2.30. The van der Waals surface area contributed by atoms with E-state index in [2.05, 4.69) is 18.2 Å². The second kappa shape index (κ2) is 3.58. The second-order valence-corrected chi connectivity index (χ2v) is 4.61. The third-order valence-corrected chi connectivity index (χ3v) is 2.09. The van der Waals surface area contributed by atoms with Crippen molar-refractivity contribution in [2.45, 2.75) is 26.4 Å². The van der Waals surface area contributed by atoms with Crippen LogP contribution in [0.5, 0.6) is 5.75 Å². The van der Waals surface area contributed by atoms with Crippen LogP contribution in [-0.4, -0.2) is 5.60 Å². The Morgan fingerprint density at radius 1 is 1.07 bits per heavy atom.